The van der Waals surface area contributed by atoms with Crippen LogP contribution in [0.3, 0.4) is 0 Å². The van der Waals surface area contributed by atoms with Gasteiger partial charge in [-0.15, -0.1) is 0 Å². The van der Waals surface area contributed by atoms with Crippen molar-refractivity contribution in [1.29, 1.82) is 0 Å². The number of carbonyl (C=O) groups is 2. The standard InChI is InChI=1S/C18H20FN3O3/c1-3-22-10-14(11(2)20-22)17(23)21-8-15(16(9-21)18(24)25)12-4-6-13(19)7-5-12/h4-7,10,15-16H,3,8-9H2,1-2H3,(H,24,25)/t15-,16+/m1/s1. The van der Waals surface area contributed by atoms with Gasteiger partial charge in [0.25, 0.3) is 5.91 Å². The van der Waals surface area contributed by atoms with E-state index in [0.29, 0.717) is 17.8 Å². The maximum absolute atomic E-state index is 13.1. The van der Waals surface area contributed by atoms with Gasteiger partial charge < -0.3 is 10.0 Å². The van der Waals surface area contributed by atoms with Gasteiger partial charge in [0.1, 0.15) is 5.82 Å². The van der Waals surface area contributed by atoms with Crippen molar-refractivity contribution >= 4 is 11.9 Å². The van der Waals surface area contributed by atoms with Gasteiger partial charge >= 0.3 is 5.97 Å². The number of likely N-dealkylation sites (tertiary alicyclic amines) is 1. The fraction of sp³-hybridized carbons (Fsp3) is 0.389. The second-order valence-corrected chi connectivity index (χ2v) is 6.30. The van der Waals surface area contributed by atoms with Gasteiger partial charge in [-0.25, -0.2) is 4.39 Å². The molecular formula is C18H20FN3O3. The first kappa shape index (κ1) is 17.1. The lowest BCUT2D eigenvalue weighted by atomic mass is 9.89. The van der Waals surface area contributed by atoms with E-state index >= 15 is 0 Å². The van der Waals surface area contributed by atoms with Crippen molar-refractivity contribution in [1.82, 2.24) is 14.7 Å². The molecule has 1 amide bonds. The van der Waals surface area contributed by atoms with Gasteiger partial charge in [-0.1, -0.05) is 12.1 Å². The fourth-order valence-corrected chi connectivity index (χ4v) is 3.33. The molecule has 0 radical (unpaired) electrons. The second-order valence-electron chi connectivity index (χ2n) is 6.30. The fourth-order valence-electron chi connectivity index (χ4n) is 3.33. The Kier molecular flexibility index (Phi) is 4.57. The van der Waals surface area contributed by atoms with E-state index in [9.17, 15) is 19.1 Å². The van der Waals surface area contributed by atoms with E-state index < -0.39 is 11.9 Å². The summed E-state index contributed by atoms with van der Waals surface area (Å²) in [5, 5.41) is 13.8. The molecule has 7 heteroatoms. The number of carbonyl (C=O) groups excluding carboxylic acids is 1. The second kappa shape index (κ2) is 6.66. The summed E-state index contributed by atoms with van der Waals surface area (Å²) in [5.41, 5.74) is 1.85. The van der Waals surface area contributed by atoms with Crippen molar-refractivity contribution in [3.05, 3.63) is 53.1 Å². The molecule has 1 aromatic carbocycles. The number of halogens is 1. The lowest BCUT2D eigenvalue weighted by molar-refractivity contribution is -0.141. The van der Waals surface area contributed by atoms with Gasteiger partial charge in [0.05, 0.1) is 17.2 Å². The van der Waals surface area contributed by atoms with Crippen LogP contribution in [0, 0.1) is 18.7 Å². The molecule has 1 saturated heterocycles. The minimum absolute atomic E-state index is 0.132. The number of aliphatic carboxylic acids is 1. The van der Waals surface area contributed by atoms with Gasteiger partial charge in [-0.05, 0) is 31.5 Å². The number of hydrogen-bond acceptors (Lipinski definition) is 3. The average Bonchev–Trinajstić information content (AvgIpc) is 3.19. The number of carboxylic acids is 1. The molecule has 1 aromatic heterocycles. The Balaban J connectivity index is 1.86. The van der Waals surface area contributed by atoms with Crippen molar-refractivity contribution in [2.45, 2.75) is 26.3 Å². The van der Waals surface area contributed by atoms with Crippen LogP contribution in [0.1, 0.15) is 34.5 Å². The summed E-state index contributed by atoms with van der Waals surface area (Å²) < 4.78 is 14.8. The van der Waals surface area contributed by atoms with Crippen LogP contribution in [-0.2, 0) is 11.3 Å². The Labute approximate surface area is 144 Å². The zero-order chi connectivity index (χ0) is 18.1. The SMILES string of the molecule is CCn1cc(C(=O)N2C[C@H](C(=O)O)[C@@H](c3ccc(F)cc3)C2)c(C)n1. The predicted octanol–water partition coefficient (Wildman–Crippen LogP) is 2.29. The Morgan fingerprint density at radius 3 is 2.52 bits per heavy atom. The Bertz CT molecular complexity index is 800. The molecule has 0 spiro atoms. The highest BCUT2D eigenvalue weighted by Gasteiger charge is 2.41. The number of amides is 1. The zero-order valence-corrected chi connectivity index (χ0v) is 14.1. The number of rotatable bonds is 4. The highest BCUT2D eigenvalue weighted by molar-refractivity contribution is 5.95. The lowest BCUT2D eigenvalue weighted by Gasteiger charge is -2.16. The quantitative estimate of drug-likeness (QED) is 0.922. The molecule has 1 aliphatic rings. The number of aromatic nitrogens is 2. The summed E-state index contributed by atoms with van der Waals surface area (Å²) in [6.07, 6.45) is 1.69. The van der Waals surface area contributed by atoms with E-state index in [-0.39, 0.29) is 30.7 Å². The summed E-state index contributed by atoms with van der Waals surface area (Å²) in [6.45, 7) is 4.78. The predicted molar refractivity (Wildman–Crippen MR) is 88.8 cm³/mol. The van der Waals surface area contributed by atoms with Gasteiger partial charge in [0.15, 0.2) is 0 Å². The molecule has 1 aliphatic heterocycles. The van der Waals surface area contributed by atoms with Crippen molar-refractivity contribution in [2.75, 3.05) is 13.1 Å². The van der Waals surface area contributed by atoms with Crippen molar-refractivity contribution in [3.63, 3.8) is 0 Å². The first-order chi connectivity index (χ1) is 11.9. The highest BCUT2D eigenvalue weighted by atomic mass is 19.1. The number of hydrogen-bond donors (Lipinski definition) is 1. The first-order valence-corrected chi connectivity index (χ1v) is 8.22. The zero-order valence-electron chi connectivity index (χ0n) is 14.1. The molecule has 0 aliphatic carbocycles. The molecule has 0 saturated carbocycles. The molecular weight excluding hydrogens is 325 g/mol. The van der Waals surface area contributed by atoms with Crippen LogP contribution in [0.15, 0.2) is 30.5 Å². The van der Waals surface area contributed by atoms with Gasteiger partial charge in [0, 0.05) is 31.7 Å². The molecule has 3 rings (SSSR count). The third kappa shape index (κ3) is 3.26. The number of nitrogens with zero attached hydrogens (tertiary/aromatic N) is 3. The van der Waals surface area contributed by atoms with E-state index in [2.05, 4.69) is 5.10 Å². The van der Waals surface area contributed by atoms with Crippen LogP contribution in [0.2, 0.25) is 0 Å². The minimum atomic E-state index is -0.953. The Hall–Kier alpha value is -2.70. The van der Waals surface area contributed by atoms with Gasteiger partial charge in [-0.3, -0.25) is 14.3 Å². The van der Waals surface area contributed by atoms with E-state index in [1.54, 1.807) is 34.8 Å². The summed E-state index contributed by atoms with van der Waals surface area (Å²) in [5.74, 6) is -2.61. The maximum atomic E-state index is 13.1. The van der Waals surface area contributed by atoms with Crippen LogP contribution in [0.4, 0.5) is 4.39 Å². The molecule has 1 N–H and O–H groups in total. The van der Waals surface area contributed by atoms with Crippen LogP contribution in [0.25, 0.3) is 0 Å². The van der Waals surface area contributed by atoms with E-state index in [1.165, 1.54) is 12.1 Å². The average molecular weight is 345 g/mol. The van der Waals surface area contributed by atoms with Crippen LogP contribution in [0.5, 0.6) is 0 Å². The van der Waals surface area contributed by atoms with E-state index in [0.717, 1.165) is 5.56 Å². The largest absolute Gasteiger partial charge is 0.481 e. The summed E-state index contributed by atoms with van der Waals surface area (Å²) in [4.78, 5) is 26.0. The number of carboxylic acid groups (broad SMARTS) is 1. The minimum Gasteiger partial charge on any atom is -0.481 e. The topological polar surface area (TPSA) is 75.4 Å². The van der Waals surface area contributed by atoms with E-state index in [1.807, 2.05) is 6.92 Å². The Morgan fingerprint density at radius 1 is 1.28 bits per heavy atom. The van der Waals surface area contributed by atoms with Crippen molar-refractivity contribution in [3.8, 4) is 0 Å². The Morgan fingerprint density at radius 2 is 1.96 bits per heavy atom. The summed E-state index contributed by atoms with van der Waals surface area (Å²) >= 11 is 0. The summed E-state index contributed by atoms with van der Waals surface area (Å²) in [6, 6.07) is 5.80. The third-order valence-electron chi connectivity index (χ3n) is 4.72. The monoisotopic (exact) mass is 345 g/mol. The molecule has 2 heterocycles. The molecule has 2 atom stereocenters. The van der Waals surface area contributed by atoms with Crippen LogP contribution >= 0.6 is 0 Å². The lowest BCUT2D eigenvalue weighted by Crippen LogP contribution is -2.30. The number of benzene rings is 1. The third-order valence-corrected chi connectivity index (χ3v) is 4.72. The van der Waals surface area contributed by atoms with Gasteiger partial charge in [-0.2, -0.15) is 5.10 Å². The molecule has 6 nitrogen and oxygen atoms in total. The number of aryl methyl sites for hydroxylation is 2. The first-order valence-electron chi connectivity index (χ1n) is 8.22. The maximum Gasteiger partial charge on any atom is 0.308 e. The smallest absolute Gasteiger partial charge is 0.308 e. The molecule has 132 valence electrons. The molecule has 1 fully saturated rings. The van der Waals surface area contributed by atoms with Crippen molar-refractivity contribution < 1.29 is 19.1 Å². The normalized spacial score (nSPS) is 20.0. The molecule has 25 heavy (non-hydrogen) atoms. The van der Waals surface area contributed by atoms with Crippen LogP contribution in [-0.4, -0.2) is 44.8 Å². The van der Waals surface area contributed by atoms with Crippen molar-refractivity contribution in [2.24, 2.45) is 5.92 Å². The van der Waals surface area contributed by atoms with Crippen LogP contribution < -0.4 is 0 Å². The molecule has 0 bridgehead atoms. The molecule has 0 unspecified atom stereocenters. The van der Waals surface area contributed by atoms with E-state index in [4.69, 9.17) is 0 Å². The molecule has 2 aromatic rings. The summed E-state index contributed by atoms with van der Waals surface area (Å²) in [7, 11) is 0. The highest BCUT2D eigenvalue weighted by Crippen LogP contribution is 2.34. The van der Waals surface area contributed by atoms with Gasteiger partial charge in [0.2, 0.25) is 0 Å².